The monoisotopic (exact) mass is 247 g/mol. The van der Waals surface area contributed by atoms with Gasteiger partial charge in [0, 0.05) is 17.0 Å². The minimum Gasteiger partial charge on any atom is -0.399 e. The largest absolute Gasteiger partial charge is 0.399 e. The SMILES string of the molecule is Nc1ccc(CCOCCc2cccs2)cc1. The summed E-state index contributed by atoms with van der Waals surface area (Å²) in [5.74, 6) is 0. The van der Waals surface area contributed by atoms with Crippen LogP contribution in [0.5, 0.6) is 0 Å². The molecule has 0 aliphatic heterocycles. The second-order valence-electron chi connectivity index (χ2n) is 3.93. The van der Waals surface area contributed by atoms with Gasteiger partial charge in [0.15, 0.2) is 0 Å². The van der Waals surface area contributed by atoms with E-state index in [2.05, 4.69) is 29.6 Å². The van der Waals surface area contributed by atoms with Gasteiger partial charge in [-0.25, -0.2) is 0 Å². The van der Waals surface area contributed by atoms with Crippen molar-refractivity contribution in [3.8, 4) is 0 Å². The molecule has 1 aromatic heterocycles. The molecule has 0 saturated heterocycles. The summed E-state index contributed by atoms with van der Waals surface area (Å²) in [5.41, 5.74) is 7.71. The zero-order valence-corrected chi connectivity index (χ0v) is 10.6. The van der Waals surface area contributed by atoms with Crippen LogP contribution in [-0.4, -0.2) is 13.2 Å². The van der Waals surface area contributed by atoms with Gasteiger partial charge in [-0.15, -0.1) is 11.3 Å². The molecule has 0 saturated carbocycles. The quantitative estimate of drug-likeness (QED) is 0.628. The molecule has 2 nitrogen and oxygen atoms in total. The van der Waals surface area contributed by atoms with Crippen LogP contribution in [-0.2, 0) is 17.6 Å². The zero-order valence-electron chi connectivity index (χ0n) is 9.76. The highest BCUT2D eigenvalue weighted by atomic mass is 32.1. The van der Waals surface area contributed by atoms with Crippen molar-refractivity contribution < 1.29 is 4.74 Å². The van der Waals surface area contributed by atoms with Crippen LogP contribution < -0.4 is 5.73 Å². The average molecular weight is 247 g/mol. The molecule has 0 amide bonds. The number of hydrogen-bond donors (Lipinski definition) is 1. The van der Waals surface area contributed by atoms with Crippen LogP contribution in [0.25, 0.3) is 0 Å². The van der Waals surface area contributed by atoms with Gasteiger partial charge in [0.05, 0.1) is 13.2 Å². The summed E-state index contributed by atoms with van der Waals surface area (Å²) < 4.78 is 5.62. The predicted molar refractivity (Wildman–Crippen MR) is 73.4 cm³/mol. The van der Waals surface area contributed by atoms with Crippen molar-refractivity contribution in [2.75, 3.05) is 18.9 Å². The molecule has 0 unspecified atom stereocenters. The molecule has 1 heterocycles. The van der Waals surface area contributed by atoms with E-state index < -0.39 is 0 Å². The van der Waals surface area contributed by atoms with Gasteiger partial charge in [-0.2, -0.15) is 0 Å². The molecule has 0 atom stereocenters. The van der Waals surface area contributed by atoms with Crippen LogP contribution in [0.4, 0.5) is 5.69 Å². The van der Waals surface area contributed by atoms with Crippen molar-refractivity contribution in [1.29, 1.82) is 0 Å². The molecule has 2 rings (SSSR count). The van der Waals surface area contributed by atoms with E-state index in [1.807, 2.05) is 12.1 Å². The number of rotatable bonds is 6. The minimum absolute atomic E-state index is 0.773. The third-order valence-electron chi connectivity index (χ3n) is 2.59. The lowest BCUT2D eigenvalue weighted by Gasteiger charge is -2.04. The van der Waals surface area contributed by atoms with Gasteiger partial charge in [0.1, 0.15) is 0 Å². The number of ether oxygens (including phenoxy) is 1. The zero-order chi connectivity index (χ0) is 11.9. The van der Waals surface area contributed by atoms with Gasteiger partial charge in [0.25, 0.3) is 0 Å². The van der Waals surface area contributed by atoms with E-state index in [0.717, 1.165) is 31.7 Å². The van der Waals surface area contributed by atoms with E-state index >= 15 is 0 Å². The van der Waals surface area contributed by atoms with E-state index in [4.69, 9.17) is 10.5 Å². The Labute approximate surface area is 106 Å². The maximum atomic E-state index is 5.63. The second-order valence-corrected chi connectivity index (χ2v) is 4.97. The van der Waals surface area contributed by atoms with Gasteiger partial charge < -0.3 is 10.5 Å². The Balaban J connectivity index is 1.61. The second kappa shape index (κ2) is 6.42. The Bertz CT molecular complexity index is 422. The number of nitrogen functional groups attached to an aromatic ring is 1. The molecule has 0 bridgehead atoms. The summed E-state index contributed by atoms with van der Waals surface area (Å²) in [7, 11) is 0. The minimum atomic E-state index is 0.773. The average Bonchev–Trinajstić information content (AvgIpc) is 2.84. The van der Waals surface area contributed by atoms with Crippen molar-refractivity contribution >= 4 is 17.0 Å². The van der Waals surface area contributed by atoms with Gasteiger partial charge in [-0.05, 0) is 35.6 Å². The Hall–Kier alpha value is -1.32. The summed E-state index contributed by atoms with van der Waals surface area (Å²) >= 11 is 1.79. The predicted octanol–water partition coefficient (Wildman–Crippen LogP) is 3.13. The van der Waals surface area contributed by atoms with E-state index in [-0.39, 0.29) is 0 Å². The van der Waals surface area contributed by atoms with Gasteiger partial charge in [-0.3, -0.25) is 0 Å². The van der Waals surface area contributed by atoms with Crippen LogP contribution in [0.1, 0.15) is 10.4 Å². The summed E-state index contributed by atoms with van der Waals surface area (Å²) in [6, 6.07) is 12.2. The highest BCUT2D eigenvalue weighted by molar-refractivity contribution is 7.09. The lowest BCUT2D eigenvalue weighted by atomic mass is 10.1. The van der Waals surface area contributed by atoms with Gasteiger partial charge >= 0.3 is 0 Å². The first-order chi connectivity index (χ1) is 8.34. The Kier molecular flexibility index (Phi) is 4.59. The van der Waals surface area contributed by atoms with Crippen molar-refractivity contribution in [2.24, 2.45) is 0 Å². The Morgan fingerprint density at radius 1 is 1.00 bits per heavy atom. The fourth-order valence-corrected chi connectivity index (χ4v) is 2.29. The van der Waals surface area contributed by atoms with Gasteiger partial charge in [0.2, 0.25) is 0 Å². The summed E-state index contributed by atoms with van der Waals surface area (Å²) in [6.45, 7) is 1.57. The van der Waals surface area contributed by atoms with E-state index in [1.165, 1.54) is 10.4 Å². The summed E-state index contributed by atoms with van der Waals surface area (Å²) in [5, 5.41) is 2.10. The molecule has 3 heteroatoms. The molecule has 0 aliphatic carbocycles. The van der Waals surface area contributed by atoms with Crippen LogP contribution >= 0.6 is 11.3 Å². The lowest BCUT2D eigenvalue weighted by Crippen LogP contribution is -2.02. The summed E-state index contributed by atoms with van der Waals surface area (Å²) in [6.07, 6.45) is 1.96. The van der Waals surface area contributed by atoms with Crippen molar-refractivity contribution in [3.63, 3.8) is 0 Å². The van der Waals surface area contributed by atoms with Crippen LogP contribution in [0, 0.1) is 0 Å². The molecule has 17 heavy (non-hydrogen) atoms. The molecule has 90 valence electrons. The molecule has 0 fully saturated rings. The molecule has 0 aliphatic rings. The van der Waals surface area contributed by atoms with Crippen LogP contribution in [0.15, 0.2) is 41.8 Å². The first-order valence-corrected chi connectivity index (χ1v) is 6.67. The molecule has 0 radical (unpaired) electrons. The number of anilines is 1. The van der Waals surface area contributed by atoms with Crippen molar-refractivity contribution in [3.05, 3.63) is 52.2 Å². The van der Waals surface area contributed by atoms with Crippen molar-refractivity contribution in [1.82, 2.24) is 0 Å². The van der Waals surface area contributed by atoms with E-state index in [0.29, 0.717) is 0 Å². The van der Waals surface area contributed by atoms with E-state index in [9.17, 15) is 0 Å². The lowest BCUT2D eigenvalue weighted by molar-refractivity contribution is 0.141. The topological polar surface area (TPSA) is 35.2 Å². The van der Waals surface area contributed by atoms with Gasteiger partial charge in [-0.1, -0.05) is 18.2 Å². The molecular weight excluding hydrogens is 230 g/mol. The number of benzene rings is 1. The first kappa shape index (κ1) is 12.1. The Morgan fingerprint density at radius 3 is 2.47 bits per heavy atom. The summed E-state index contributed by atoms with van der Waals surface area (Å²) in [4.78, 5) is 1.39. The standard InChI is InChI=1S/C14H17NOS/c15-13-5-3-12(4-6-13)7-9-16-10-8-14-2-1-11-17-14/h1-6,11H,7-10,15H2. The normalized spacial score (nSPS) is 10.6. The van der Waals surface area contributed by atoms with E-state index in [1.54, 1.807) is 11.3 Å². The van der Waals surface area contributed by atoms with Crippen LogP contribution in [0.2, 0.25) is 0 Å². The number of hydrogen-bond acceptors (Lipinski definition) is 3. The smallest absolute Gasteiger partial charge is 0.0514 e. The molecular formula is C14H17NOS. The highest BCUT2D eigenvalue weighted by Gasteiger charge is 1.96. The molecule has 1 aromatic carbocycles. The molecule has 2 N–H and O–H groups in total. The highest BCUT2D eigenvalue weighted by Crippen LogP contribution is 2.09. The third kappa shape index (κ3) is 4.21. The Morgan fingerprint density at radius 2 is 1.76 bits per heavy atom. The van der Waals surface area contributed by atoms with Crippen molar-refractivity contribution in [2.45, 2.75) is 12.8 Å². The fourth-order valence-electron chi connectivity index (χ4n) is 1.60. The third-order valence-corrected chi connectivity index (χ3v) is 3.52. The number of thiophene rings is 1. The molecule has 0 spiro atoms. The maximum Gasteiger partial charge on any atom is 0.0514 e. The van der Waals surface area contributed by atoms with Crippen LogP contribution in [0.3, 0.4) is 0 Å². The molecule has 2 aromatic rings. The fraction of sp³-hybridized carbons (Fsp3) is 0.286. The first-order valence-electron chi connectivity index (χ1n) is 5.79. The maximum absolute atomic E-state index is 5.63. The number of nitrogens with two attached hydrogens (primary N) is 1.